The number of sulfonamides is 1. The number of piperidine rings is 1. The summed E-state index contributed by atoms with van der Waals surface area (Å²) < 4.78 is 39.8. The van der Waals surface area contributed by atoms with Crippen molar-refractivity contribution < 1.29 is 17.7 Å². The Labute approximate surface area is 194 Å². The number of fused-ring (bicyclic) bond motifs is 3. The molecule has 174 valence electrons. The standard InChI is InChI=1S/C25H29N3O4S/c1-17-3-4-18(2)20(11-17)15-28-9-7-19(8-10-28)13-27-33(29,30)22-5-6-24-23(12-22)25-21(16-31-24)14-26-32-25/h3-6,11-12,14,19,27H,7-10,13,15-16H2,1-2H3. The van der Waals surface area contributed by atoms with E-state index in [1.165, 1.54) is 16.7 Å². The van der Waals surface area contributed by atoms with E-state index in [4.69, 9.17) is 9.26 Å². The highest BCUT2D eigenvalue weighted by atomic mass is 32.2. The summed E-state index contributed by atoms with van der Waals surface area (Å²) in [6, 6.07) is 11.5. The number of hydrogen-bond acceptors (Lipinski definition) is 6. The molecular formula is C25H29N3O4S. The average molecular weight is 468 g/mol. The number of aromatic nitrogens is 1. The summed E-state index contributed by atoms with van der Waals surface area (Å²) in [5.41, 5.74) is 5.42. The van der Waals surface area contributed by atoms with E-state index < -0.39 is 10.0 Å². The van der Waals surface area contributed by atoms with Crippen LogP contribution in [0.25, 0.3) is 11.3 Å². The van der Waals surface area contributed by atoms with Crippen LogP contribution in [0.15, 0.2) is 52.0 Å². The van der Waals surface area contributed by atoms with Crippen LogP contribution in [0.3, 0.4) is 0 Å². The third-order valence-corrected chi connectivity index (χ3v) is 8.12. The van der Waals surface area contributed by atoms with Gasteiger partial charge in [0.05, 0.1) is 22.2 Å². The summed E-state index contributed by atoms with van der Waals surface area (Å²) in [6.07, 6.45) is 3.56. The molecule has 1 fully saturated rings. The van der Waals surface area contributed by atoms with Crippen LogP contribution < -0.4 is 9.46 Å². The fourth-order valence-corrected chi connectivity index (χ4v) is 5.73. The minimum atomic E-state index is -3.63. The largest absolute Gasteiger partial charge is 0.488 e. The highest BCUT2D eigenvalue weighted by Gasteiger charge is 2.26. The number of benzene rings is 2. The van der Waals surface area contributed by atoms with Crippen molar-refractivity contribution in [2.24, 2.45) is 5.92 Å². The fraction of sp³-hybridized carbons (Fsp3) is 0.400. The molecule has 0 saturated carbocycles. The Morgan fingerprint density at radius 1 is 1.12 bits per heavy atom. The maximum absolute atomic E-state index is 13.0. The molecule has 0 aliphatic carbocycles. The van der Waals surface area contributed by atoms with Gasteiger partial charge >= 0.3 is 0 Å². The number of rotatable bonds is 6. The predicted molar refractivity (Wildman–Crippen MR) is 125 cm³/mol. The van der Waals surface area contributed by atoms with E-state index >= 15 is 0 Å². The lowest BCUT2D eigenvalue weighted by molar-refractivity contribution is 0.178. The van der Waals surface area contributed by atoms with Crippen LogP contribution in [0.2, 0.25) is 0 Å². The Bertz CT molecular complexity index is 1260. The molecule has 0 bridgehead atoms. The maximum atomic E-state index is 13.0. The molecule has 0 amide bonds. The molecule has 7 nitrogen and oxygen atoms in total. The summed E-state index contributed by atoms with van der Waals surface area (Å²) in [6.45, 7) is 8.01. The quantitative estimate of drug-likeness (QED) is 0.589. The summed E-state index contributed by atoms with van der Waals surface area (Å²) in [4.78, 5) is 2.67. The first-order valence-corrected chi connectivity index (χ1v) is 12.9. The number of aryl methyl sites for hydroxylation is 2. The molecule has 2 aromatic carbocycles. The number of hydrogen-bond donors (Lipinski definition) is 1. The van der Waals surface area contributed by atoms with Crippen LogP contribution in [0.1, 0.15) is 35.1 Å². The highest BCUT2D eigenvalue weighted by Crippen LogP contribution is 2.38. The molecule has 2 aliphatic rings. The van der Waals surface area contributed by atoms with E-state index in [0.29, 0.717) is 36.1 Å². The van der Waals surface area contributed by atoms with Crippen LogP contribution >= 0.6 is 0 Å². The minimum absolute atomic E-state index is 0.210. The zero-order valence-corrected chi connectivity index (χ0v) is 19.8. The Hall–Kier alpha value is -2.68. The van der Waals surface area contributed by atoms with Crippen molar-refractivity contribution in [1.29, 1.82) is 0 Å². The Morgan fingerprint density at radius 3 is 2.76 bits per heavy atom. The van der Waals surface area contributed by atoms with Crippen LogP contribution in [-0.4, -0.2) is 38.1 Å². The zero-order chi connectivity index (χ0) is 23.0. The molecule has 33 heavy (non-hydrogen) atoms. The molecule has 0 atom stereocenters. The van der Waals surface area contributed by atoms with Crippen molar-refractivity contribution in [3.05, 3.63) is 64.8 Å². The van der Waals surface area contributed by atoms with Crippen molar-refractivity contribution in [2.45, 2.75) is 44.7 Å². The highest BCUT2D eigenvalue weighted by molar-refractivity contribution is 7.89. The predicted octanol–water partition coefficient (Wildman–Crippen LogP) is 4.04. The number of nitrogens with one attached hydrogen (secondary N) is 1. The molecular weight excluding hydrogens is 438 g/mol. The molecule has 0 radical (unpaired) electrons. The van der Waals surface area contributed by atoms with Gasteiger partial charge in [0.1, 0.15) is 12.4 Å². The second kappa shape index (κ2) is 8.93. The van der Waals surface area contributed by atoms with Gasteiger partial charge in [-0.1, -0.05) is 28.9 Å². The lowest BCUT2D eigenvalue weighted by atomic mass is 9.96. The Kier molecular flexibility index (Phi) is 5.99. The fourth-order valence-electron chi connectivity index (χ4n) is 4.59. The molecule has 5 rings (SSSR count). The van der Waals surface area contributed by atoms with Crippen molar-refractivity contribution in [2.75, 3.05) is 19.6 Å². The molecule has 8 heteroatoms. The first-order chi connectivity index (χ1) is 15.9. The van der Waals surface area contributed by atoms with Crippen LogP contribution in [0, 0.1) is 19.8 Å². The third kappa shape index (κ3) is 4.69. The molecule has 3 aromatic rings. The summed E-state index contributed by atoms with van der Waals surface area (Å²) >= 11 is 0. The molecule has 1 N–H and O–H groups in total. The summed E-state index contributed by atoms with van der Waals surface area (Å²) in [5, 5.41) is 3.81. The van der Waals surface area contributed by atoms with Crippen molar-refractivity contribution >= 4 is 10.0 Å². The van der Waals surface area contributed by atoms with Crippen molar-refractivity contribution in [1.82, 2.24) is 14.8 Å². The second-order valence-corrected chi connectivity index (χ2v) is 10.9. The Balaban J connectivity index is 1.19. The van der Waals surface area contributed by atoms with Gasteiger partial charge in [-0.15, -0.1) is 0 Å². The average Bonchev–Trinajstić information content (AvgIpc) is 3.30. The minimum Gasteiger partial charge on any atom is -0.488 e. The normalized spacial score (nSPS) is 16.8. The SMILES string of the molecule is Cc1ccc(C)c(CN2CCC(CNS(=O)(=O)c3ccc4c(c3)-c3oncc3CO4)CC2)c1. The third-order valence-electron chi connectivity index (χ3n) is 6.70. The first-order valence-electron chi connectivity index (χ1n) is 11.4. The van der Waals surface area contributed by atoms with Crippen molar-refractivity contribution in [3.63, 3.8) is 0 Å². The molecule has 1 aromatic heterocycles. The maximum Gasteiger partial charge on any atom is 0.240 e. The van der Waals surface area contributed by atoms with Gasteiger partial charge in [-0.05, 0) is 75.0 Å². The topological polar surface area (TPSA) is 84.7 Å². The van der Waals surface area contributed by atoms with Gasteiger partial charge < -0.3 is 9.26 Å². The van der Waals surface area contributed by atoms with Crippen LogP contribution in [-0.2, 0) is 23.2 Å². The van der Waals surface area contributed by atoms with E-state index in [1.807, 2.05) is 0 Å². The van der Waals surface area contributed by atoms with Gasteiger partial charge in [-0.25, -0.2) is 13.1 Å². The number of nitrogens with zero attached hydrogens (tertiary/aromatic N) is 2. The summed E-state index contributed by atoms with van der Waals surface area (Å²) in [7, 11) is -3.63. The van der Waals surface area contributed by atoms with Crippen LogP contribution in [0.5, 0.6) is 5.75 Å². The molecule has 2 aliphatic heterocycles. The first kappa shape index (κ1) is 22.1. The Morgan fingerprint density at radius 2 is 1.94 bits per heavy atom. The lowest BCUT2D eigenvalue weighted by Crippen LogP contribution is -2.38. The smallest absolute Gasteiger partial charge is 0.240 e. The number of ether oxygens (including phenoxy) is 1. The summed E-state index contributed by atoms with van der Waals surface area (Å²) in [5.74, 6) is 1.51. The van der Waals surface area contributed by atoms with Gasteiger partial charge in [0.2, 0.25) is 10.0 Å². The molecule has 0 unspecified atom stereocenters. The van der Waals surface area contributed by atoms with Gasteiger partial charge in [0.25, 0.3) is 0 Å². The van der Waals surface area contributed by atoms with E-state index in [2.05, 4.69) is 46.8 Å². The molecule has 1 saturated heterocycles. The van der Waals surface area contributed by atoms with E-state index in [-0.39, 0.29) is 4.90 Å². The van der Waals surface area contributed by atoms with Gasteiger partial charge in [-0.3, -0.25) is 4.90 Å². The number of likely N-dealkylation sites (tertiary alicyclic amines) is 1. The lowest BCUT2D eigenvalue weighted by Gasteiger charge is -2.32. The monoisotopic (exact) mass is 467 g/mol. The van der Waals surface area contributed by atoms with E-state index in [1.54, 1.807) is 24.4 Å². The van der Waals surface area contributed by atoms with Gasteiger partial charge in [0.15, 0.2) is 5.76 Å². The zero-order valence-electron chi connectivity index (χ0n) is 19.0. The molecule has 3 heterocycles. The van der Waals surface area contributed by atoms with Gasteiger partial charge in [-0.2, -0.15) is 0 Å². The second-order valence-electron chi connectivity index (χ2n) is 9.13. The van der Waals surface area contributed by atoms with Crippen LogP contribution in [0.4, 0.5) is 0 Å². The molecule has 0 spiro atoms. The van der Waals surface area contributed by atoms with Crippen molar-refractivity contribution in [3.8, 4) is 17.1 Å². The van der Waals surface area contributed by atoms with E-state index in [9.17, 15) is 8.42 Å². The van der Waals surface area contributed by atoms with Gasteiger partial charge in [0, 0.05) is 13.1 Å². The van der Waals surface area contributed by atoms with E-state index in [0.717, 1.165) is 38.0 Å².